The third-order valence-corrected chi connectivity index (χ3v) is 2.90. The number of hydrogen-bond acceptors (Lipinski definition) is 5. The van der Waals surface area contributed by atoms with Crippen LogP contribution in [0.5, 0.6) is 11.5 Å². The van der Waals surface area contributed by atoms with E-state index in [0.717, 1.165) is 22.4 Å². The van der Waals surface area contributed by atoms with Crippen LogP contribution in [0.4, 0.5) is 5.82 Å². The summed E-state index contributed by atoms with van der Waals surface area (Å²) in [5.41, 5.74) is 8.37. The SMILES string of the molecule is COCc1c(OC)ccc(OC)c1-c1cn[nH]c1N. The van der Waals surface area contributed by atoms with Crippen molar-refractivity contribution in [1.82, 2.24) is 10.2 Å². The summed E-state index contributed by atoms with van der Waals surface area (Å²) in [7, 11) is 4.85. The predicted octanol–water partition coefficient (Wildman–Crippen LogP) is 1.82. The number of nitrogens with zero attached hydrogens (tertiary/aromatic N) is 1. The van der Waals surface area contributed by atoms with Crippen LogP contribution in [-0.2, 0) is 11.3 Å². The first-order valence-electron chi connectivity index (χ1n) is 5.75. The van der Waals surface area contributed by atoms with Gasteiger partial charge in [-0.2, -0.15) is 5.10 Å². The lowest BCUT2D eigenvalue weighted by molar-refractivity contribution is 0.182. The summed E-state index contributed by atoms with van der Waals surface area (Å²) in [4.78, 5) is 0. The Hall–Kier alpha value is -2.21. The summed E-state index contributed by atoms with van der Waals surface area (Å²) >= 11 is 0. The first-order chi connectivity index (χ1) is 9.22. The monoisotopic (exact) mass is 263 g/mol. The predicted molar refractivity (Wildman–Crippen MR) is 72.3 cm³/mol. The molecule has 0 aliphatic rings. The third-order valence-electron chi connectivity index (χ3n) is 2.90. The lowest BCUT2D eigenvalue weighted by Gasteiger charge is -2.16. The molecular formula is C13H17N3O3. The second-order valence-corrected chi connectivity index (χ2v) is 3.95. The highest BCUT2D eigenvalue weighted by atomic mass is 16.5. The first-order valence-corrected chi connectivity index (χ1v) is 5.75. The Morgan fingerprint density at radius 2 is 1.84 bits per heavy atom. The fourth-order valence-corrected chi connectivity index (χ4v) is 2.05. The molecule has 2 rings (SSSR count). The molecule has 0 bridgehead atoms. The van der Waals surface area contributed by atoms with E-state index in [4.69, 9.17) is 19.9 Å². The van der Waals surface area contributed by atoms with Crippen molar-refractivity contribution in [3.05, 3.63) is 23.9 Å². The topological polar surface area (TPSA) is 82.4 Å². The lowest BCUT2D eigenvalue weighted by Crippen LogP contribution is -2.01. The minimum atomic E-state index is 0.389. The molecule has 2 aromatic rings. The van der Waals surface area contributed by atoms with Crippen molar-refractivity contribution in [2.24, 2.45) is 0 Å². The van der Waals surface area contributed by atoms with Crippen molar-refractivity contribution >= 4 is 5.82 Å². The van der Waals surface area contributed by atoms with Crippen molar-refractivity contribution in [3.8, 4) is 22.6 Å². The molecule has 0 radical (unpaired) electrons. The molecule has 102 valence electrons. The van der Waals surface area contributed by atoms with Gasteiger partial charge in [0, 0.05) is 23.8 Å². The molecular weight excluding hydrogens is 246 g/mol. The second-order valence-electron chi connectivity index (χ2n) is 3.95. The normalized spacial score (nSPS) is 10.5. The molecule has 0 spiro atoms. The van der Waals surface area contributed by atoms with Gasteiger partial charge in [0.2, 0.25) is 0 Å². The largest absolute Gasteiger partial charge is 0.496 e. The smallest absolute Gasteiger partial charge is 0.127 e. The summed E-state index contributed by atoms with van der Waals surface area (Å²) in [5.74, 6) is 1.89. The maximum absolute atomic E-state index is 5.90. The zero-order valence-corrected chi connectivity index (χ0v) is 11.2. The highest BCUT2D eigenvalue weighted by Crippen LogP contribution is 2.40. The number of aromatic nitrogens is 2. The van der Waals surface area contributed by atoms with Crippen LogP contribution >= 0.6 is 0 Å². The highest BCUT2D eigenvalue weighted by Gasteiger charge is 2.19. The molecule has 1 aromatic heterocycles. The number of hydrogen-bond donors (Lipinski definition) is 2. The van der Waals surface area contributed by atoms with Gasteiger partial charge in [-0.05, 0) is 12.1 Å². The van der Waals surface area contributed by atoms with Crippen molar-refractivity contribution < 1.29 is 14.2 Å². The number of methoxy groups -OCH3 is 3. The van der Waals surface area contributed by atoms with Gasteiger partial charge in [0.1, 0.15) is 17.3 Å². The number of nitrogens with one attached hydrogen (secondary N) is 1. The van der Waals surface area contributed by atoms with Gasteiger partial charge in [-0.3, -0.25) is 5.10 Å². The molecule has 0 unspecified atom stereocenters. The summed E-state index contributed by atoms with van der Waals surface area (Å²) in [6.45, 7) is 0.389. The summed E-state index contributed by atoms with van der Waals surface area (Å²) < 4.78 is 16.0. The van der Waals surface area contributed by atoms with Crippen LogP contribution in [0, 0.1) is 0 Å². The van der Waals surface area contributed by atoms with E-state index in [0.29, 0.717) is 18.2 Å². The van der Waals surface area contributed by atoms with Crippen LogP contribution in [0.3, 0.4) is 0 Å². The number of nitrogen functional groups attached to an aromatic ring is 1. The van der Waals surface area contributed by atoms with Crippen LogP contribution in [0.25, 0.3) is 11.1 Å². The van der Waals surface area contributed by atoms with Crippen molar-refractivity contribution in [3.63, 3.8) is 0 Å². The Balaban J connectivity index is 2.70. The lowest BCUT2D eigenvalue weighted by atomic mass is 9.99. The van der Waals surface area contributed by atoms with E-state index in [1.165, 1.54) is 0 Å². The number of benzene rings is 1. The molecule has 6 heteroatoms. The number of ether oxygens (including phenoxy) is 3. The molecule has 0 fully saturated rings. The summed E-state index contributed by atoms with van der Waals surface area (Å²) in [5, 5.41) is 6.66. The molecule has 0 aliphatic carbocycles. The molecule has 0 aliphatic heterocycles. The average molecular weight is 263 g/mol. The Morgan fingerprint density at radius 3 is 2.37 bits per heavy atom. The van der Waals surface area contributed by atoms with Crippen LogP contribution in [0.2, 0.25) is 0 Å². The van der Waals surface area contributed by atoms with E-state index < -0.39 is 0 Å². The maximum Gasteiger partial charge on any atom is 0.127 e. The third kappa shape index (κ3) is 2.34. The van der Waals surface area contributed by atoms with E-state index in [1.54, 1.807) is 27.5 Å². The number of H-pyrrole nitrogens is 1. The second kappa shape index (κ2) is 5.62. The van der Waals surface area contributed by atoms with Gasteiger partial charge >= 0.3 is 0 Å². The molecule has 3 N–H and O–H groups in total. The molecule has 0 amide bonds. The summed E-state index contributed by atoms with van der Waals surface area (Å²) in [6, 6.07) is 3.67. The highest BCUT2D eigenvalue weighted by molar-refractivity contribution is 5.82. The van der Waals surface area contributed by atoms with E-state index in [9.17, 15) is 0 Å². The maximum atomic E-state index is 5.90. The number of aromatic amines is 1. The van der Waals surface area contributed by atoms with Gasteiger partial charge < -0.3 is 19.9 Å². The van der Waals surface area contributed by atoms with Crippen LogP contribution in [0.1, 0.15) is 5.56 Å². The molecule has 1 heterocycles. The minimum Gasteiger partial charge on any atom is -0.496 e. The Labute approximate surface area is 111 Å². The number of rotatable bonds is 5. The van der Waals surface area contributed by atoms with Crippen molar-refractivity contribution in [2.75, 3.05) is 27.1 Å². The molecule has 19 heavy (non-hydrogen) atoms. The molecule has 0 saturated carbocycles. The Kier molecular flexibility index (Phi) is 3.91. The van der Waals surface area contributed by atoms with Crippen LogP contribution in [-0.4, -0.2) is 31.5 Å². The van der Waals surface area contributed by atoms with Gasteiger partial charge in [0.05, 0.1) is 27.0 Å². The van der Waals surface area contributed by atoms with Gasteiger partial charge in [-0.25, -0.2) is 0 Å². The molecule has 1 aromatic carbocycles. The Bertz CT molecular complexity index is 566. The zero-order chi connectivity index (χ0) is 13.8. The quantitative estimate of drug-likeness (QED) is 0.859. The summed E-state index contributed by atoms with van der Waals surface area (Å²) in [6.07, 6.45) is 1.66. The van der Waals surface area contributed by atoms with E-state index in [-0.39, 0.29) is 0 Å². The number of anilines is 1. The van der Waals surface area contributed by atoms with Gasteiger partial charge in [-0.15, -0.1) is 0 Å². The van der Waals surface area contributed by atoms with Crippen molar-refractivity contribution in [2.45, 2.75) is 6.61 Å². The van der Waals surface area contributed by atoms with E-state index in [1.807, 2.05) is 12.1 Å². The van der Waals surface area contributed by atoms with Crippen LogP contribution in [0.15, 0.2) is 18.3 Å². The van der Waals surface area contributed by atoms with Gasteiger partial charge in [0.25, 0.3) is 0 Å². The Morgan fingerprint density at radius 1 is 1.16 bits per heavy atom. The molecule has 0 atom stereocenters. The first kappa shape index (κ1) is 13.2. The fraction of sp³-hybridized carbons (Fsp3) is 0.308. The van der Waals surface area contributed by atoms with Crippen LogP contribution < -0.4 is 15.2 Å². The fourth-order valence-electron chi connectivity index (χ4n) is 2.05. The van der Waals surface area contributed by atoms with Gasteiger partial charge in [-0.1, -0.05) is 0 Å². The minimum absolute atomic E-state index is 0.389. The standard InChI is InChI=1S/C13H17N3O3/c1-17-7-9-10(18-2)4-5-11(19-3)12(9)8-6-15-16-13(8)14/h4-6H,7H2,1-3H3,(H3,14,15,16). The zero-order valence-electron chi connectivity index (χ0n) is 11.2. The number of nitrogens with two attached hydrogens (primary N) is 1. The van der Waals surface area contributed by atoms with E-state index >= 15 is 0 Å². The molecule has 6 nitrogen and oxygen atoms in total. The molecule has 0 saturated heterocycles. The van der Waals surface area contributed by atoms with E-state index in [2.05, 4.69) is 10.2 Å². The van der Waals surface area contributed by atoms with Gasteiger partial charge in [0.15, 0.2) is 0 Å². The average Bonchev–Trinajstić information content (AvgIpc) is 2.84. The van der Waals surface area contributed by atoms with Crippen molar-refractivity contribution in [1.29, 1.82) is 0 Å².